The zero-order chi connectivity index (χ0) is 24.1. The monoisotopic (exact) mass is 464 g/mol. The van der Waals surface area contributed by atoms with Crippen LogP contribution in [0.5, 0.6) is 0 Å². The number of amides is 3. The number of piperidine rings is 1. The Labute approximate surface area is 202 Å². The Hall–Kier alpha value is -2.97. The van der Waals surface area contributed by atoms with E-state index in [-0.39, 0.29) is 11.9 Å². The van der Waals surface area contributed by atoms with Crippen LogP contribution in [0, 0.1) is 6.92 Å². The third-order valence-electron chi connectivity index (χ3n) is 6.85. The van der Waals surface area contributed by atoms with Crippen molar-refractivity contribution in [3.05, 3.63) is 47.7 Å². The van der Waals surface area contributed by atoms with Crippen molar-refractivity contribution in [2.24, 2.45) is 0 Å². The van der Waals surface area contributed by atoms with Gasteiger partial charge in [0, 0.05) is 31.4 Å². The molecule has 4 rings (SSSR count). The second-order valence-electron chi connectivity index (χ2n) is 9.03. The van der Waals surface area contributed by atoms with E-state index in [1.54, 1.807) is 24.3 Å². The molecule has 1 fully saturated rings. The summed E-state index contributed by atoms with van der Waals surface area (Å²) in [4.78, 5) is 37.4. The van der Waals surface area contributed by atoms with Gasteiger partial charge in [-0.1, -0.05) is 32.4 Å². The maximum atomic E-state index is 13.5. The number of pyridine rings is 1. The third kappa shape index (κ3) is 5.23. The van der Waals surface area contributed by atoms with E-state index >= 15 is 0 Å². The van der Waals surface area contributed by atoms with Gasteiger partial charge < -0.3 is 15.5 Å². The van der Waals surface area contributed by atoms with Crippen molar-refractivity contribution in [1.82, 2.24) is 20.1 Å². The Morgan fingerprint density at radius 2 is 1.97 bits per heavy atom. The lowest BCUT2D eigenvalue weighted by Gasteiger charge is -2.38. The molecule has 0 spiro atoms. The summed E-state index contributed by atoms with van der Waals surface area (Å²) >= 11 is 0. The molecule has 0 aliphatic carbocycles. The highest BCUT2D eigenvalue weighted by molar-refractivity contribution is 6.16. The van der Waals surface area contributed by atoms with Gasteiger partial charge in [0.2, 0.25) is 0 Å². The summed E-state index contributed by atoms with van der Waals surface area (Å²) in [5.74, 6) is 0.193. The number of para-hydroxylation sites is 1. The fraction of sp³-hybridized carbons (Fsp3) is 0.500. The number of nitrogens with one attached hydrogen (secondary N) is 2. The van der Waals surface area contributed by atoms with E-state index in [9.17, 15) is 9.59 Å². The van der Waals surface area contributed by atoms with Crippen LogP contribution in [0.15, 0.2) is 36.4 Å². The second kappa shape index (κ2) is 11.0. The smallest absolute Gasteiger partial charge is 0.327 e. The topological polar surface area (TPSA) is 80.8 Å². The van der Waals surface area contributed by atoms with Crippen molar-refractivity contribution < 1.29 is 9.59 Å². The summed E-state index contributed by atoms with van der Waals surface area (Å²) in [6, 6.07) is 11.0. The molecular weight excluding hydrogens is 428 g/mol. The number of carbonyl (C=O) groups is 2. The van der Waals surface area contributed by atoms with Gasteiger partial charge in [-0.3, -0.25) is 9.69 Å². The highest BCUT2D eigenvalue weighted by atomic mass is 16.2. The first-order valence-corrected chi connectivity index (χ1v) is 12.4. The molecule has 1 atom stereocenters. The lowest BCUT2D eigenvalue weighted by atomic mass is 10.0. The number of likely N-dealkylation sites (N-methyl/N-ethyl adjacent to an activating group) is 1. The molecule has 0 saturated carbocycles. The number of aryl methyl sites for hydroxylation is 1. The molecule has 8 nitrogen and oxygen atoms in total. The predicted molar refractivity (Wildman–Crippen MR) is 136 cm³/mol. The number of aromatic nitrogens is 1. The van der Waals surface area contributed by atoms with Crippen LogP contribution in [0.25, 0.3) is 0 Å². The molecule has 2 aliphatic rings. The summed E-state index contributed by atoms with van der Waals surface area (Å²) in [5.41, 5.74) is 2.28. The van der Waals surface area contributed by atoms with Crippen molar-refractivity contribution in [3.63, 3.8) is 0 Å². The quantitative estimate of drug-likeness (QED) is 0.647. The Bertz CT molecular complexity index is 1020. The second-order valence-corrected chi connectivity index (χ2v) is 9.03. The molecule has 182 valence electrons. The van der Waals surface area contributed by atoms with Crippen molar-refractivity contribution in [1.29, 1.82) is 0 Å². The fourth-order valence-corrected chi connectivity index (χ4v) is 4.91. The van der Waals surface area contributed by atoms with E-state index in [1.807, 2.05) is 19.1 Å². The SMILES string of the molecule is CCN(CC)CC1CCCCN1CCNC(=O)N1c2ccccc2C(=O)Nc2ccc(C)nc21. The lowest BCUT2D eigenvalue weighted by Crippen LogP contribution is -2.50. The molecule has 1 saturated heterocycles. The number of urea groups is 1. The molecule has 2 N–H and O–H groups in total. The van der Waals surface area contributed by atoms with Crippen LogP contribution < -0.4 is 15.5 Å². The predicted octanol–water partition coefficient (Wildman–Crippen LogP) is 4.00. The summed E-state index contributed by atoms with van der Waals surface area (Å²) in [5, 5.41) is 6.00. The Morgan fingerprint density at radius 1 is 1.18 bits per heavy atom. The van der Waals surface area contributed by atoms with Crippen molar-refractivity contribution in [2.45, 2.75) is 46.1 Å². The van der Waals surface area contributed by atoms with Gasteiger partial charge >= 0.3 is 6.03 Å². The normalized spacial score (nSPS) is 18.2. The van der Waals surface area contributed by atoms with E-state index in [2.05, 4.69) is 39.3 Å². The molecule has 1 unspecified atom stereocenters. The standard InChI is InChI=1S/C26H36N6O2/c1-4-30(5-2)18-20-10-8-9-16-31(20)17-15-27-26(34)32-23-12-7-6-11-21(23)25(33)29-22-14-13-19(3)28-24(22)32/h6-7,11-14,20H,4-5,8-10,15-18H2,1-3H3,(H,27,34)(H,29,33). The number of fused-ring (bicyclic) bond motifs is 2. The van der Waals surface area contributed by atoms with Crippen LogP contribution in [-0.2, 0) is 0 Å². The Kier molecular flexibility index (Phi) is 7.80. The van der Waals surface area contributed by atoms with Crippen LogP contribution in [-0.4, -0.2) is 72.0 Å². The van der Waals surface area contributed by atoms with Gasteiger partial charge in [-0.25, -0.2) is 14.7 Å². The molecule has 0 radical (unpaired) electrons. The average Bonchev–Trinajstić information content (AvgIpc) is 2.97. The molecule has 0 bridgehead atoms. The number of hydrogen-bond donors (Lipinski definition) is 2. The maximum Gasteiger partial charge on any atom is 0.327 e. The minimum absolute atomic E-state index is 0.245. The van der Waals surface area contributed by atoms with E-state index in [1.165, 1.54) is 24.2 Å². The van der Waals surface area contributed by atoms with Crippen LogP contribution in [0.4, 0.5) is 22.0 Å². The molecule has 1 aromatic carbocycles. The van der Waals surface area contributed by atoms with Gasteiger partial charge in [0.25, 0.3) is 5.91 Å². The molecule has 3 heterocycles. The van der Waals surface area contributed by atoms with Crippen LogP contribution in [0.1, 0.15) is 49.2 Å². The Morgan fingerprint density at radius 3 is 2.76 bits per heavy atom. The number of likely N-dealkylation sites (tertiary alicyclic amines) is 1. The van der Waals surface area contributed by atoms with E-state index in [4.69, 9.17) is 0 Å². The van der Waals surface area contributed by atoms with Crippen molar-refractivity contribution in [2.75, 3.05) is 49.5 Å². The van der Waals surface area contributed by atoms with Gasteiger partial charge in [0.05, 0.1) is 16.9 Å². The summed E-state index contributed by atoms with van der Waals surface area (Å²) in [6.07, 6.45) is 3.67. The number of rotatable bonds is 7. The largest absolute Gasteiger partial charge is 0.336 e. The molecule has 2 aliphatic heterocycles. The van der Waals surface area contributed by atoms with Crippen molar-refractivity contribution in [3.8, 4) is 0 Å². The summed E-state index contributed by atoms with van der Waals surface area (Å²) in [6.45, 7) is 11.9. The van der Waals surface area contributed by atoms with E-state index in [0.29, 0.717) is 35.3 Å². The average molecular weight is 465 g/mol. The highest BCUT2D eigenvalue weighted by Gasteiger charge is 2.31. The van der Waals surface area contributed by atoms with Gasteiger partial charge in [0.15, 0.2) is 5.82 Å². The Balaban J connectivity index is 1.50. The van der Waals surface area contributed by atoms with Crippen LogP contribution in [0.3, 0.4) is 0 Å². The maximum absolute atomic E-state index is 13.5. The highest BCUT2D eigenvalue weighted by Crippen LogP contribution is 2.36. The fourth-order valence-electron chi connectivity index (χ4n) is 4.91. The minimum atomic E-state index is -0.277. The summed E-state index contributed by atoms with van der Waals surface area (Å²) in [7, 11) is 0. The van der Waals surface area contributed by atoms with Crippen molar-refractivity contribution >= 4 is 29.1 Å². The molecule has 3 amide bonds. The zero-order valence-corrected chi connectivity index (χ0v) is 20.5. The van der Waals surface area contributed by atoms with E-state index in [0.717, 1.165) is 38.4 Å². The summed E-state index contributed by atoms with van der Waals surface area (Å²) < 4.78 is 0. The minimum Gasteiger partial charge on any atom is -0.336 e. The number of benzene rings is 1. The van der Waals surface area contributed by atoms with Crippen LogP contribution >= 0.6 is 0 Å². The molecule has 8 heteroatoms. The first-order valence-electron chi connectivity index (χ1n) is 12.4. The van der Waals surface area contributed by atoms with Gasteiger partial charge in [0.1, 0.15) is 0 Å². The lowest BCUT2D eigenvalue weighted by molar-refractivity contribution is 0.102. The zero-order valence-electron chi connectivity index (χ0n) is 20.5. The first kappa shape index (κ1) is 24.2. The number of carbonyl (C=O) groups excluding carboxylic acids is 2. The van der Waals surface area contributed by atoms with Gasteiger partial charge in [-0.05, 0) is 63.7 Å². The number of hydrogen-bond acceptors (Lipinski definition) is 5. The molecule has 1 aromatic heterocycles. The first-order chi connectivity index (χ1) is 16.5. The van der Waals surface area contributed by atoms with Gasteiger partial charge in [-0.2, -0.15) is 0 Å². The van der Waals surface area contributed by atoms with Gasteiger partial charge in [-0.15, -0.1) is 0 Å². The molecular formula is C26H36N6O2. The number of nitrogens with zero attached hydrogens (tertiary/aromatic N) is 4. The van der Waals surface area contributed by atoms with E-state index < -0.39 is 0 Å². The molecule has 34 heavy (non-hydrogen) atoms. The van der Waals surface area contributed by atoms with Crippen LogP contribution in [0.2, 0.25) is 0 Å². The number of anilines is 3. The molecule has 2 aromatic rings. The third-order valence-corrected chi connectivity index (χ3v) is 6.85.